The standard InChI is InChI=1S/C13H16BrN3O/c1-2-3-4-11(15)13-16-12(17-18-13)9-5-7-10(14)8-6-9/h5-8,11H,2-4,15H2,1H3. The predicted molar refractivity (Wildman–Crippen MR) is 73.9 cm³/mol. The Balaban J connectivity index is 2.12. The maximum atomic E-state index is 5.99. The zero-order valence-electron chi connectivity index (χ0n) is 10.3. The first-order chi connectivity index (χ1) is 8.70. The minimum absolute atomic E-state index is 0.165. The van der Waals surface area contributed by atoms with Crippen LogP contribution in [0.25, 0.3) is 11.4 Å². The number of nitrogens with two attached hydrogens (primary N) is 1. The summed E-state index contributed by atoms with van der Waals surface area (Å²) in [5, 5.41) is 3.96. The molecule has 96 valence electrons. The number of hydrogen-bond donors (Lipinski definition) is 1. The van der Waals surface area contributed by atoms with E-state index in [4.69, 9.17) is 10.3 Å². The van der Waals surface area contributed by atoms with Gasteiger partial charge in [-0.25, -0.2) is 0 Å². The number of unbranched alkanes of at least 4 members (excludes halogenated alkanes) is 1. The second-order valence-corrected chi connectivity index (χ2v) is 5.13. The molecule has 18 heavy (non-hydrogen) atoms. The average molecular weight is 310 g/mol. The first kappa shape index (κ1) is 13.2. The van der Waals surface area contributed by atoms with Crippen molar-refractivity contribution >= 4 is 15.9 Å². The molecule has 0 amide bonds. The zero-order chi connectivity index (χ0) is 13.0. The van der Waals surface area contributed by atoms with Crippen LogP contribution in [0, 0.1) is 0 Å². The molecule has 0 bridgehead atoms. The van der Waals surface area contributed by atoms with Crippen LogP contribution in [0.4, 0.5) is 0 Å². The zero-order valence-corrected chi connectivity index (χ0v) is 11.9. The second kappa shape index (κ2) is 6.11. The number of rotatable bonds is 5. The van der Waals surface area contributed by atoms with Crippen molar-refractivity contribution in [2.75, 3.05) is 0 Å². The van der Waals surface area contributed by atoms with E-state index in [1.165, 1.54) is 0 Å². The van der Waals surface area contributed by atoms with Crippen LogP contribution in [-0.4, -0.2) is 10.1 Å². The fourth-order valence-electron chi connectivity index (χ4n) is 1.65. The lowest BCUT2D eigenvalue weighted by Crippen LogP contribution is -2.10. The van der Waals surface area contributed by atoms with E-state index in [9.17, 15) is 0 Å². The maximum absolute atomic E-state index is 5.99. The van der Waals surface area contributed by atoms with Gasteiger partial charge < -0.3 is 10.3 Å². The van der Waals surface area contributed by atoms with Gasteiger partial charge in [0.05, 0.1) is 6.04 Å². The largest absolute Gasteiger partial charge is 0.337 e. The van der Waals surface area contributed by atoms with Crippen LogP contribution in [0.15, 0.2) is 33.3 Å². The van der Waals surface area contributed by atoms with Crippen LogP contribution in [0.3, 0.4) is 0 Å². The Labute approximate surface area is 115 Å². The van der Waals surface area contributed by atoms with Gasteiger partial charge in [-0.2, -0.15) is 4.98 Å². The van der Waals surface area contributed by atoms with Crippen molar-refractivity contribution in [2.24, 2.45) is 5.73 Å². The van der Waals surface area contributed by atoms with Gasteiger partial charge in [-0.3, -0.25) is 0 Å². The van der Waals surface area contributed by atoms with E-state index in [1.807, 2.05) is 24.3 Å². The quantitative estimate of drug-likeness (QED) is 0.914. The molecule has 0 fully saturated rings. The van der Waals surface area contributed by atoms with Crippen LogP contribution in [0.1, 0.15) is 38.1 Å². The molecular weight excluding hydrogens is 294 g/mol. The molecule has 1 aromatic heterocycles. The minimum atomic E-state index is -0.165. The van der Waals surface area contributed by atoms with E-state index in [0.717, 1.165) is 29.3 Å². The Kier molecular flexibility index (Phi) is 4.49. The Morgan fingerprint density at radius 3 is 2.72 bits per heavy atom. The van der Waals surface area contributed by atoms with Crippen molar-refractivity contribution < 1.29 is 4.52 Å². The van der Waals surface area contributed by atoms with Gasteiger partial charge in [-0.05, 0) is 30.7 Å². The summed E-state index contributed by atoms with van der Waals surface area (Å²) in [5.74, 6) is 1.10. The van der Waals surface area contributed by atoms with E-state index < -0.39 is 0 Å². The van der Waals surface area contributed by atoms with Gasteiger partial charge in [0.15, 0.2) is 0 Å². The molecule has 0 radical (unpaired) electrons. The molecular formula is C13H16BrN3O. The minimum Gasteiger partial charge on any atom is -0.337 e. The van der Waals surface area contributed by atoms with Crippen LogP contribution < -0.4 is 5.73 Å². The Morgan fingerprint density at radius 2 is 2.06 bits per heavy atom. The molecule has 1 heterocycles. The third-order valence-electron chi connectivity index (χ3n) is 2.73. The second-order valence-electron chi connectivity index (χ2n) is 4.21. The van der Waals surface area contributed by atoms with Gasteiger partial charge in [0.1, 0.15) is 0 Å². The third-order valence-corrected chi connectivity index (χ3v) is 3.26. The molecule has 1 atom stereocenters. The number of benzene rings is 1. The topological polar surface area (TPSA) is 64.9 Å². The highest BCUT2D eigenvalue weighted by atomic mass is 79.9. The van der Waals surface area contributed by atoms with Crippen LogP contribution >= 0.6 is 15.9 Å². The van der Waals surface area contributed by atoms with Crippen molar-refractivity contribution in [3.05, 3.63) is 34.6 Å². The van der Waals surface area contributed by atoms with E-state index in [-0.39, 0.29) is 6.04 Å². The summed E-state index contributed by atoms with van der Waals surface area (Å²) < 4.78 is 6.23. The first-order valence-electron chi connectivity index (χ1n) is 6.06. The van der Waals surface area contributed by atoms with Gasteiger partial charge in [0.25, 0.3) is 0 Å². The van der Waals surface area contributed by atoms with Crippen molar-refractivity contribution in [3.8, 4) is 11.4 Å². The third kappa shape index (κ3) is 3.17. The molecule has 5 heteroatoms. The highest BCUT2D eigenvalue weighted by Crippen LogP contribution is 2.21. The summed E-state index contributed by atoms with van der Waals surface area (Å²) in [6.07, 6.45) is 3.05. The molecule has 2 aromatic rings. The Hall–Kier alpha value is -1.20. The van der Waals surface area contributed by atoms with Gasteiger partial charge in [0, 0.05) is 10.0 Å². The monoisotopic (exact) mass is 309 g/mol. The van der Waals surface area contributed by atoms with E-state index >= 15 is 0 Å². The average Bonchev–Trinajstić information content (AvgIpc) is 2.86. The Morgan fingerprint density at radius 1 is 1.33 bits per heavy atom. The molecule has 1 unspecified atom stereocenters. The molecule has 0 spiro atoms. The number of halogens is 1. The predicted octanol–water partition coefficient (Wildman–Crippen LogP) is 3.69. The molecule has 0 aliphatic carbocycles. The highest BCUT2D eigenvalue weighted by Gasteiger charge is 2.14. The summed E-state index contributed by atoms with van der Waals surface area (Å²) in [7, 11) is 0. The van der Waals surface area contributed by atoms with Crippen LogP contribution in [0.2, 0.25) is 0 Å². The Bertz CT molecular complexity index is 495. The highest BCUT2D eigenvalue weighted by molar-refractivity contribution is 9.10. The van der Waals surface area contributed by atoms with Crippen LogP contribution in [-0.2, 0) is 0 Å². The number of aromatic nitrogens is 2. The molecule has 0 saturated heterocycles. The van der Waals surface area contributed by atoms with Gasteiger partial charge in [-0.1, -0.05) is 40.9 Å². The van der Waals surface area contributed by atoms with E-state index in [2.05, 4.69) is 33.0 Å². The van der Waals surface area contributed by atoms with Crippen molar-refractivity contribution in [1.29, 1.82) is 0 Å². The maximum Gasteiger partial charge on any atom is 0.243 e. The molecule has 0 saturated carbocycles. The van der Waals surface area contributed by atoms with Crippen molar-refractivity contribution in [2.45, 2.75) is 32.2 Å². The van der Waals surface area contributed by atoms with Crippen LogP contribution in [0.5, 0.6) is 0 Å². The molecule has 0 aliphatic rings. The molecule has 1 aromatic carbocycles. The molecule has 4 nitrogen and oxygen atoms in total. The fourth-order valence-corrected chi connectivity index (χ4v) is 1.91. The summed E-state index contributed by atoms with van der Waals surface area (Å²) in [6.45, 7) is 2.13. The molecule has 2 N–H and O–H groups in total. The van der Waals surface area contributed by atoms with Crippen molar-refractivity contribution in [1.82, 2.24) is 10.1 Å². The fraction of sp³-hybridized carbons (Fsp3) is 0.385. The van der Waals surface area contributed by atoms with Gasteiger partial charge in [-0.15, -0.1) is 0 Å². The number of hydrogen-bond acceptors (Lipinski definition) is 4. The summed E-state index contributed by atoms with van der Waals surface area (Å²) >= 11 is 3.39. The normalized spacial score (nSPS) is 12.6. The number of nitrogens with zero attached hydrogens (tertiary/aromatic N) is 2. The van der Waals surface area contributed by atoms with Gasteiger partial charge in [0.2, 0.25) is 11.7 Å². The lowest BCUT2D eigenvalue weighted by molar-refractivity contribution is 0.346. The molecule has 0 aliphatic heterocycles. The SMILES string of the molecule is CCCCC(N)c1nc(-c2ccc(Br)cc2)no1. The van der Waals surface area contributed by atoms with Crippen molar-refractivity contribution in [3.63, 3.8) is 0 Å². The summed E-state index contributed by atoms with van der Waals surface area (Å²) in [5.41, 5.74) is 6.92. The smallest absolute Gasteiger partial charge is 0.243 e. The van der Waals surface area contributed by atoms with E-state index in [0.29, 0.717) is 11.7 Å². The lowest BCUT2D eigenvalue weighted by atomic mass is 10.1. The first-order valence-corrected chi connectivity index (χ1v) is 6.85. The lowest BCUT2D eigenvalue weighted by Gasteiger charge is -2.03. The molecule has 2 rings (SSSR count). The summed E-state index contributed by atoms with van der Waals surface area (Å²) in [6, 6.07) is 7.61. The van der Waals surface area contributed by atoms with Gasteiger partial charge >= 0.3 is 0 Å². The summed E-state index contributed by atoms with van der Waals surface area (Å²) in [4.78, 5) is 4.34. The van der Waals surface area contributed by atoms with E-state index in [1.54, 1.807) is 0 Å².